The third kappa shape index (κ3) is 3.32. The third-order valence-corrected chi connectivity index (χ3v) is 5.69. The number of hydrogen-bond acceptors (Lipinski definition) is 4. The number of carbonyl (C=O) groups excluding carboxylic acids is 1. The van der Waals surface area contributed by atoms with Crippen LogP contribution in [0, 0.1) is 6.92 Å². The molecule has 7 nitrogen and oxygen atoms in total. The summed E-state index contributed by atoms with van der Waals surface area (Å²) in [5.74, 6) is -0.538. The summed E-state index contributed by atoms with van der Waals surface area (Å²) in [6.07, 6.45) is 2.98. The number of aryl methyl sites for hydroxylation is 1. The molecule has 0 aliphatic carbocycles. The van der Waals surface area contributed by atoms with Crippen molar-refractivity contribution in [2.24, 2.45) is 0 Å². The molecule has 0 saturated carbocycles. The maximum Gasteiger partial charge on any atom is 0.280 e. The maximum absolute atomic E-state index is 13.1. The Hall–Kier alpha value is -3.68. The van der Waals surface area contributed by atoms with Crippen molar-refractivity contribution >= 4 is 45.7 Å². The molecule has 1 N–H and O–H groups in total. The normalized spacial score (nSPS) is 11.2. The molecule has 5 aromatic rings. The molecule has 0 radical (unpaired) electrons. The molecular weight excluding hydrogens is 449 g/mol. The van der Waals surface area contributed by atoms with Gasteiger partial charge in [0.15, 0.2) is 5.65 Å². The number of nitrogens with zero attached hydrogens (tertiary/aromatic N) is 4. The minimum atomic E-state index is -0.538. The zero-order chi connectivity index (χ0) is 22.4. The van der Waals surface area contributed by atoms with E-state index in [-0.39, 0.29) is 10.6 Å². The summed E-state index contributed by atoms with van der Waals surface area (Å²) in [5, 5.41) is 5.51. The molecule has 0 spiro atoms. The van der Waals surface area contributed by atoms with Gasteiger partial charge in [-0.25, -0.2) is 14.2 Å². The average molecular weight is 464 g/mol. The second-order valence-electron chi connectivity index (χ2n) is 7.17. The minimum Gasteiger partial charge on any atom is -0.267 e. The van der Waals surface area contributed by atoms with E-state index in [1.165, 1.54) is 24.5 Å². The molecule has 9 heteroatoms. The van der Waals surface area contributed by atoms with Crippen LogP contribution in [0.3, 0.4) is 0 Å². The van der Waals surface area contributed by atoms with E-state index in [1.807, 2.05) is 37.3 Å². The first kappa shape index (κ1) is 20.2. The lowest BCUT2D eigenvalue weighted by Gasteiger charge is -2.11. The highest BCUT2D eigenvalue weighted by molar-refractivity contribution is 6.37. The SMILES string of the molecule is Cc1nn2c(ncc3c(=O)n(NC(=O)c4ccc(Cl)cc4Cl)ccc32)c1-c1ccccc1. The number of halogens is 2. The number of fused-ring (bicyclic) bond motifs is 3. The van der Waals surface area contributed by atoms with Gasteiger partial charge in [-0.3, -0.25) is 15.0 Å². The molecule has 2 aromatic carbocycles. The van der Waals surface area contributed by atoms with Crippen LogP contribution in [0.25, 0.3) is 27.7 Å². The smallest absolute Gasteiger partial charge is 0.267 e. The first-order valence-electron chi connectivity index (χ1n) is 9.65. The van der Waals surface area contributed by atoms with Crippen molar-refractivity contribution in [3.63, 3.8) is 0 Å². The van der Waals surface area contributed by atoms with Crippen LogP contribution in [-0.4, -0.2) is 25.2 Å². The number of nitrogens with one attached hydrogen (secondary N) is 1. The molecule has 0 saturated heterocycles. The van der Waals surface area contributed by atoms with Crippen molar-refractivity contribution in [1.82, 2.24) is 19.3 Å². The molecule has 3 aromatic heterocycles. The zero-order valence-corrected chi connectivity index (χ0v) is 18.2. The van der Waals surface area contributed by atoms with Gasteiger partial charge in [0, 0.05) is 23.0 Å². The van der Waals surface area contributed by atoms with Gasteiger partial charge in [-0.05, 0) is 36.8 Å². The molecular formula is C23H15Cl2N5O2. The van der Waals surface area contributed by atoms with Crippen LogP contribution in [0.2, 0.25) is 10.0 Å². The lowest BCUT2D eigenvalue weighted by Crippen LogP contribution is -2.33. The summed E-state index contributed by atoms with van der Waals surface area (Å²) in [5.41, 5.74) is 6.24. The Labute approximate surface area is 191 Å². The third-order valence-electron chi connectivity index (χ3n) is 5.15. The van der Waals surface area contributed by atoms with Crippen LogP contribution in [0.4, 0.5) is 0 Å². The lowest BCUT2D eigenvalue weighted by atomic mass is 10.1. The summed E-state index contributed by atoms with van der Waals surface area (Å²) in [6.45, 7) is 1.90. The number of amides is 1. The van der Waals surface area contributed by atoms with E-state index in [4.69, 9.17) is 23.2 Å². The van der Waals surface area contributed by atoms with E-state index in [0.29, 0.717) is 21.6 Å². The van der Waals surface area contributed by atoms with Crippen molar-refractivity contribution in [2.45, 2.75) is 6.92 Å². The molecule has 0 aliphatic rings. The van der Waals surface area contributed by atoms with Crippen LogP contribution < -0.4 is 11.0 Å². The van der Waals surface area contributed by atoms with Crippen LogP contribution >= 0.6 is 23.2 Å². The fraction of sp³-hybridized carbons (Fsp3) is 0.0435. The largest absolute Gasteiger partial charge is 0.280 e. The lowest BCUT2D eigenvalue weighted by molar-refractivity contribution is 0.101. The quantitative estimate of drug-likeness (QED) is 0.420. The second-order valence-corrected chi connectivity index (χ2v) is 8.02. The van der Waals surface area contributed by atoms with E-state index < -0.39 is 11.5 Å². The van der Waals surface area contributed by atoms with Gasteiger partial charge in [0.05, 0.1) is 27.2 Å². The Balaban J connectivity index is 1.59. The summed E-state index contributed by atoms with van der Waals surface area (Å²) in [7, 11) is 0. The van der Waals surface area contributed by atoms with Gasteiger partial charge in [0.1, 0.15) is 0 Å². The molecule has 0 bridgehead atoms. The standard InChI is InChI=1S/C23H15Cl2N5O2/c1-13-20(14-5-3-2-4-6-14)21-26-12-17-19(30(21)27-13)9-10-29(23(17)32)28-22(31)16-8-7-15(24)11-18(16)25/h2-12H,1H3,(H,28,31). The maximum atomic E-state index is 13.1. The Morgan fingerprint density at radius 3 is 2.59 bits per heavy atom. The van der Waals surface area contributed by atoms with E-state index in [9.17, 15) is 9.59 Å². The molecule has 0 atom stereocenters. The molecule has 0 aliphatic heterocycles. The average Bonchev–Trinajstić information content (AvgIpc) is 3.12. The Morgan fingerprint density at radius 1 is 1.06 bits per heavy atom. The van der Waals surface area contributed by atoms with Crippen molar-refractivity contribution in [3.05, 3.63) is 98.6 Å². The van der Waals surface area contributed by atoms with Crippen molar-refractivity contribution < 1.29 is 4.79 Å². The molecule has 0 unspecified atom stereocenters. The van der Waals surface area contributed by atoms with Gasteiger partial charge >= 0.3 is 0 Å². The minimum absolute atomic E-state index is 0.188. The molecule has 0 fully saturated rings. The number of carbonyl (C=O) groups is 1. The highest BCUT2D eigenvalue weighted by Gasteiger charge is 2.17. The molecule has 3 heterocycles. The first-order valence-corrected chi connectivity index (χ1v) is 10.4. The van der Waals surface area contributed by atoms with Crippen molar-refractivity contribution in [1.29, 1.82) is 0 Å². The monoisotopic (exact) mass is 463 g/mol. The Kier molecular flexibility index (Phi) is 4.92. The van der Waals surface area contributed by atoms with E-state index in [0.717, 1.165) is 21.5 Å². The predicted molar refractivity (Wildman–Crippen MR) is 125 cm³/mol. The fourth-order valence-corrected chi connectivity index (χ4v) is 4.14. The van der Waals surface area contributed by atoms with E-state index in [1.54, 1.807) is 16.6 Å². The topological polar surface area (TPSA) is 81.3 Å². The Bertz CT molecular complexity index is 1570. The number of benzene rings is 2. The Morgan fingerprint density at radius 2 is 1.84 bits per heavy atom. The molecule has 32 heavy (non-hydrogen) atoms. The van der Waals surface area contributed by atoms with Gasteiger partial charge in [-0.1, -0.05) is 53.5 Å². The molecule has 5 rings (SSSR count). The number of hydrogen-bond donors (Lipinski definition) is 1. The van der Waals surface area contributed by atoms with Gasteiger partial charge < -0.3 is 0 Å². The predicted octanol–water partition coefficient (Wildman–Crippen LogP) is 4.71. The van der Waals surface area contributed by atoms with Crippen LogP contribution in [0.5, 0.6) is 0 Å². The second kappa shape index (κ2) is 7.78. The number of rotatable bonds is 3. The van der Waals surface area contributed by atoms with Gasteiger partial charge in [-0.2, -0.15) is 5.10 Å². The summed E-state index contributed by atoms with van der Waals surface area (Å²) < 4.78 is 2.74. The number of aromatic nitrogens is 4. The van der Waals surface area contributed by atoms with Gasteiger partial charge in [0.25, 0.3) is 11.5 Å². The van der Waals surface area contributed by atoms with E-state index >= 15 is 0 Å². The summed E-state index contributed by atoms with van der Waals surface area (Å²) in [4.78, 5) is 30.2. The zero-order valence-electron chi connectivity index (χ0n) is 16.7. The van der Waals surface area contributed by atoms with Crippen LogP contribution in [0.1, 0.15) is 16.1 Å². The fourth-order valence-electron chi connectivity index (χ4n) is 3.65. The van der Waals surface area contributed by atoms with Crippen molar-refractivity contribution in [3.8, 4) is 11.1 Å². The number of pyridine rings is 1. The van der Waals surface area contributed by atoms with Gasteiger partial charge in [-0.15, -0.1) is 0 Å². The highest BCUT2D eigenvalue weighted by atomic mass is 35.5. The van der Waals surface area contributed by atoms with Crippen LogP contribution in [0.15, 0.2) is 71.8 Å². The summed E-state index contributed by atoms with van der Waals surface area (Å²) in [6, 6.07) is 16.0. The molecule has 158 valence electrons. The first-order chi connectivity index (χ1) is 15.4. The molecule has 1 amide bonds. The van der Waals surface area contributed by atoms with Gasteiger partial charge in [0.2, 0.25) is 0 Å². The highest BCUT2D eigenvalue weighted by Crippen LogP contribution is 2.28. The summed E-state index contributed by atoms with van der Waals surface area (Å²) >= 11 is 12.0. The van der Waals surface area contributed by atoms with E-state index in [2.05, 4.69) is 15.5 Å². The van der Waals surface area contributed by atoms with Crippen molar-refractivity contribution in [2.75, 3.05) is 5.43 Å². The van der Waals surface area contributed by atoms with Crippen LogP contribution in [-0.2, 0) is 0 Å².